The van der Waals surface area contributed by atoms with Gasteiger partial charge in [0.25, 0.3) is 10.0 Å². The Kier molecular flexibility index (Phi) is 3.96. The van der Waals surface area contributed by atoms with Crippen LogP contribution >= 0.6 is 0 Å². The maximum absolute atomic E-state index is 13.3. The molecule has 21 heavy (non-hydrogen) atoms. The van der Waals surface area contributed by atoms with Gasteiger partial charge >= 0.3 is 0 Å². The summed E-state index contributed by atoms with van der Waals surface area (Å²) < 4.78 is 40.3. The average molecular weight is 304 g/mol. The summed E-state index contributed by atoms with van der Waals surface area (Å²) in [6.45, 7) is 3.28. The third-order valence-corrected chi connectivity index (χ3v) is 4.43. The molecule has 0 aliphatic rings. The Morgan fingerprint density at radius 1 is 1.14 bits per heavy atom. The SMILES string of the molecule is Cc1cc(F)cc(NS(=O)(=O)c2ccc(C#N)cc2C)c1. The van der Waals surface area contributed by atoms with Crippen molar-refractivity contribution in [2.45, 2.75) is 18.7 Å². The Morgan fingerprint density at radius 2 is 1.86 bits per heavy atom. The summed E-state index contributed by atoms with van der Waals surface area (Å²) in [5.41, 5.74) is 1.61. The molecule has 0 aromatic heterocycles. The number of hydrogen-bond acceptors (Lipinski definition) is 3. The molecule has 0 aliphatic carbocycles. The maximum atomic E-state index is 13.3. The molecule has 2 aromatic carbocycles. The number of sulfonamides is 1. The Balaban J connectivity index is 2.41. The highest BCUT2D eigenvalue weighted by Crippen LogP contribution is 2.21. The number of nitrogens with zero attached hydrogens (tertiary/aromatic N) is 1. The summed E-state index contributed by atoms with van der Waals surface area (Å²) in [6.07, 6.45) is 0. The molecule has 4 nitrogen and oxygen atoms in total. The molecule has 2 rings (SSSR count). The number of nitrogens with one attached hydrogen (secondary N) is 1. The third kappa shape index (κ3) is 3.38. The summed E-state index contributed by atoms with van der Waals surface area (Å²) >= 11 is 0. The van der Waals surface area contributed by atoms with E-state index in [4.69, 9.17) is 5.26 Å². The maximum Gasteiger partial charge on any atom is 0.262 e. The van der Waals surface area contributed by atoms with Gasteiger partial charge in [-0.05, 0) is 61.4 Å². The number of halogens is 1. The van der Waals surface area contributed by atoms with Crippen LogP contribution in [0, 0.1) is 31.0 Å². The van der Waals surface area contributed by atoms with Crippen molar-refractivity contribution in [3.05, 3.63) is 58.9 Å². The van der Waals surface area contributed by atoms with E-state index in [1.165, 1.54) is 24.3 Å². The van der Waals surface area contributed by atoms with Crippen molar-refractivity contribution >= 4 is 15.7 Å². The van der Waals surface area contributed by atoms with Gasteiger partial charge in [0, 0.05) is 0 Å². The normalized spacial score (nSPS) is 11.0. The van der Waals surface area contributed by atoms with Crippen LogP contribution in [0.2, 0.25) is 0 Å². The first-order valence-corrected chi connectivity index (χ1v) is 7.61. The predicted octanol–water partition coefficient (Wildman–Crippen LogP) is 3.12. The molecule has 0 saturated heterocycles. The molecule has 6 heteroatoms. The average Bonchev–Trinajstić information content (AvgIpc) is 2.36. The minimum atomic E-state index is -3.83. The van der Waals surface area contributed by atoms with Crippen molar-refractivity contribution in [3.8, 4) is 6.07 Å². The molecule has 0 amide bonds. The van der Waals surface area contributed by atoms with Crippen LogP contribution in [-0.2, 0) is 10.0 Å². The molecule has 0 heterocycles. The van der Waals surface area contributed by atoms with Gasteiger partial charge in [0.2, 0.25) is 0 Å². The molecule has 1 N–H and O–H groups in total. The van der Waals surface area contributed by atoms with E-state index in [0.717, 1.165) is 6.07 Å². The first kappa shape index (κ1) is 15.0. The van der Waals surface area contributed by atoms with E-state index >= 15 is 0 Å². The van der Waals surface area contributed by atoms with Gasteiger partial charge in [-0.2, -0.15) is 5.26 Å². The number of benzene rings is 2. The van der Waals surface area contributed by atoms with E-state index in [9.17, 15) is 12.8 Å². The second kappa shape index (κ2) is 5.54. The van der Waals surface area contributed by atoms with Gasteiger partial charge in [0.05, 0.1) is 22.2 Å². The van der Waals surface area contributed by atoms with E-state index in [-0.39, 0.29) is 10.6 Å². The van der Waals surface area contributed by atoms with E-state index in [1.807, 2.05) is 6.07 Å². The zero-order valence-corrected chi connectivity index (χ0v) is 12.3. The molecule has 0 spiro atoms. The second-order valence-electron chi connectivity index (χ2n) is 4.71. The topological polar surface area (TPSA) is 70.0 Å². The Hall–Kier alpha value is -2.39. The fourth-order valence-corrected chi connectivity index (χ4v) is 3.29. The zero-order chi connectivity index (χ0) is 15.6. The first-order chi connectivity index (χ1) is 9.81. The summed E-state index contributed by atoms with van der Waals surface area (Å²) in [6, 6.07) is 10.2. The van der Waals surface area contributed by atoms with Gasteiger partial charge in [-0.1, -0.05) is 0 Å². The predicted molar refractivity (Wildman–Crippen MR) is 77.8 cm³/mol. The van der Waals surface area contributed by atoms with Crippen LogP contribution in [0.25, 0.3) is 0 Å². The highest BCUT2D eigenvalue weighted by atomic mass is 32.2. The lowest BCUT2D eigenvalue weighted by atomic mass is 10.2. The van der Waals surface area contributed by atoms with Crippen LogP contribution in [0.3, 0.4) is 0 Å². The monoisotopic (exact) mass is 304 g/mol. The van der Waals surface area contributed by atoms with E-state index in [1.54, 1.807) is 19.9 Å². The summed E-state index contributed by atoms with van der Waals surface area (Å²) in [5, 5.41) is 8.80. The number of anilines is 1. The van der Waals surface area contributed by atoms with Crippen LogP contribution in [0.5, 0.6) is 0 Å². The number of nitriles is 1. The molecular weight excluding hydrogens is 291 g/mol. The van der Waals surface area contributed by atoms with Crippen molar-refractivity contribution in [3.63, 3.8) is 0 Å². The molecule has 0 aliphatic heterocycles. The van der Waals surface area contributed by atoms with Crippen LogP contribution < -0.4 is 4.72 Å². The van der Waals surface area contributed by atoms with Crippen LogP contribution in [0.4, 0.5) is 10.1 Å². The van der Waals surface area contributed by atoms with E-state index in [0.29, 0.717) is 16.7 Å². The molecule has 2 aromatic rings. The fraction of sp³-hybridized carbons (Fsp3) is 0.133. The van der Waals surface area contributed by atoms with Crippen LogP contribution in [0.15, 0.2) is 41.3 Å². The molecule has 108 valence electrons. The van der Waals surface area contributed by atoms with Crippen molar-refractivity contribution in [1.82, 2.24) is 0 Å². The molecule has 0 bridgehead atoms. The highest BCUT2D eigenvalue weighted by Gasteiger charge is 2.17. The first-order valence-electron chi connectivity index (χ1n) is 6.12. The van der Waals surface area contributed by atoms with Gasteiger partial charge in [0.15, 0.2) is 0 Å². The molecule has 0 radical (unpaired) electrons. The Morgan fingerprint density at radius 3 is 2.43 bits per heavy atom. The lowest BCUT2D eigenvalue weighted by Gasteiger charge is -2.11. The second-order valence-corrected chi connectivity index (χ2v) is 6.37. The summed E-state index contributed by atoms with van der Waals surface area (Å²) in [7, 11) is -3.83. The lowest BCUT2D eigenvalue weighted by molar-refractivity contribution is 0.600. The van der Waals surface area contributed by atoms with Crippen LogP contribution in [-0.4, -0.2) is 8.42 Å². The van der Waals surface area contributed by atoms with Gasteiger partial charge < -0.3 is 0 Å². The molecule has 0 atom stereocenters. The molecule has 0 unspecified atom stereocenters. The number of rotatable bonds is 3. The van der Waals surface area contributed by atoms with Gasteiger partial charge in [-0.15, -0.1) is 0 Å². The molecule has 0 fully saturated rings. The van der Waals surface area contributed by atoms with Crippen LogP contribution in [0.1, 0.15) is 16.7 Å². The Labute approximate surface area is 122 Å². The quantitative estimate of drug-likeness (QED) is 0.947. The van der Waals surface area contributed by atoms with E-state index < -0.39 is 15.8 Å². The fourth-order valence-electron chi connectivity index (χ4n) is 2.03. The standard InChI is InChI=1S/C15H13FN2O2S/c1-10-5-13(16)8-14(6-10)18-21(19,20)15-4-3-12(9-17)7-11(15)2/h3-8,18H,1-2H3. The van der Waals surface area contributed by atoms with Gasteiger partial charge in [-0.3, -0.25) is 4.72 Å². The number of aryl methyl sites for hydroxylation is 2. The minimum absolute atomic E-state index is 0.0587. The Bertz CT molecular complexity index is 819. The van der Waals surface area contributed by atoms with Gasteiger partial charge in [0.1, 0.15) is 5.82 Å². The smallest absolute Gasteiger partial charge is 0.262 e. The van der Waals surface area contributed by atoms with Crippen molar-refractivity contribution in [1.29, 1.82) is 5.26 Å². The van der Waals surface area contributed by atoms with Crippen molar-refractivity contribution in [2.24, 2.45) is 0 Å². The van der Waals surface area contributed by atoms with Crippen molar-refractivity contribution < 1.29 is 12.8 Å². The van der Waals surface area contributed by atoms with E-state index in [2.05, 4.69) is 4.72 Å². The highest BCUT2D eigenvalue weighted by molar-refractivity contribution is 7.92. The third-order valence-electron chi connectivity index (χ3n) is 2.89. The zero-order valence-electron chi connectivity index (χ0n) is 11.5. The number of hydrogen-bond donors (Lipinski definition) is 1. The lowest BCUT2D eigenvalue weighted by Crippen LogP contribution is -2.14. The minimum Gasteiger partial charge on any atom is -0.280 e. The molecular formula is C15H13FN2O2S. The molecule has 0 saturated carbocycles. The largest absolute Gasteiger partial charge is 0.280 e. The summed E-state index contributed by atoms with van der Waals surface area (Å²) in [4.78, 5) is 0.0587. The van der Waals surface area contributed by atoms with Crippen molar-refractivity contribution in [2.75, 3.05) is 4.72 Å². The summed E-state index contributed by atoms with van der Waals surface area (Å²) in [5.74, 6) is -0.510. The van der Waals surface area contributed by atoms with Gasteiger partial charge in [-0.25, -0.2) is 12.8 Å².